The number of oxazole rings is 1. The second-order valence-corrected chi connectivity index (χ2v) is 5.10. The first-order chi connectivity index (χ1) is 10.3. The van der Waals surface area contributed by atoms with Gasteiger partial charge < -0.3 is 9.73 Å². The summed E-state index contributed by atoms with van der Waals surface area (Å²) in [6.45, 7) is 2.91. The van der Waals surface area contributed by atoms with Crippen LogP contribution in [0.25, 0.3) is 11.5 Å². The molecule has 1 aromatic heterocycles. The third-order valence-corrected chi connectivity index (χ3v) is 3.27. The molecule has 4 heteroatoms. The Bertz CT molecular complexity index is 549. The minimum Gasteiger partial charge on any atom is -0.444 e. The van der Waals surface area contributed by atoms with Crippen molar-refractivity contribution in [3.63, 3.8) is 0 Å². The average molecular weight is 286 g/mol. The SMILES string of the molecule is CCCCCCNC(=O)Cc1coc(-c2ccccc2)n1. The van der Waals surface area contributed by atoms with Crippen LogP contribution in [0.1, 0.15) is 38.3 Å². The molecule has 0 radical (unpaired) electrons. The standard InChI is InChI=1S/C17H22N2O2/c1-2-3-4-8-11-18-16(20)12-15-13-21-17(19-15)14-9-6-5-7-10-14/h5-7,9-10,13H,2-4,8,11-12H2,1H3,(H,18,20). The van der Waals surface area contributed by atoms with Crippen LogP contribution in [-0.2, 0) is 11.2 Å². The first-order valence-corrected chi connectivity index (χ1v) is 7.56. The first kappa shape index (κ1) is 15.3. The first-order valence-electron chi connectivity index (χ1n) is 7.56. The van der Waals surface area contributed by atoms with E-state index in [-0.39, 0.29) is 12.3 Å². The molecule has 0 aliphatic rings. The van der Waals surface area contributed by atoms with Crippen molar-refractivity contribution in [1.29, 1.82) is 0 Å². The highest BCUT2D eigenvalue weighted by Gasteiger charge is 2.09. The second kappa shape index (κ2) is 8.25. The van der Waals surface area contributed by atoms with Crippen LogP contribution in [0.5, 0.6) is 0 Å². The molecular weight excluding hydrogens is 264 g/mol. The minimum atomic E-state index is -0.000546. The van der Waals surface area contributed by atoms with Crippen LogP contribution in [-0.4, -0.2) is 17.4 Å². The van der Waals surface area contributed by atoms with Crippen LogP contribution in [0, 0.1) is 0 Å². The van der Waals surface area contributed by atoms with Crippen LogP contribution >= 0.6 is 0 Å². The summed E-state index contributed by atoms with van der Waals surface area (Å²) in [4.78, 5) is 16.1. The molecule has 0 bridgehead atoms. The number of carbonyl (C=O) groups is 1. The van der Waals surface area contributed by atoms with Gasteiger partial charge >= 0.3 is 0 Å². The van der Waals surface area contributed by atoms with E-state index in [1.54, 1.807) is 6.26 Å². The quantitative estimate of drug-likeness (QED) is 0.755. The van der Waals surface area contributed by atoms with Crippen molar-refractivity contribution in [3.8, 4) is 11.5 Å². The normalized spacial score (nSPS) is 10.5. The zero-order valence-electron chi connectivity index (χ0n) is 12.5. The maximum Gasteiger partial charge on any atom is 0.226 e. The van der Waals surface area contributed by atoms with Gasteiger partial charge in [-0.15, -0.1) is 0 Å². The summed E-state index contributed by atoms with van der Waals surface area (Å²) in [5.41, 5.74) is 1.59. The number of aromatic nitrogens is 1. The molecule has 0 aliphatic carbocycles. The summed E-state index contributed by atoms with van der Waals surface area (Å²) >= 11 is 0. The molecule has 1 heterocycles. The Labute approximate surface area is 125 Å². The van der Waals surface area contributed by atoms with Gasteiger partial charge in [0.05, 0.1) is 12.1 Å². The molecular formula is C17H22N2O2. The Kier molecular flexibility index (Phi) is 6.00. The Morgan fingerprint density at radius 3 is 2.76 bits per heavy atom. The van der Waals surface area contributed by atoms with Crippen molar-refractivity contribution in [2.45, 2.75) is 39.0 Å². The zero-order chi connectivity index (χ0) is 14.9. The van der Waals surface area contributed by atoms with Crippen molar-refractivity contribution >= 4 is 5.91 Å². The molecule has 0 aliphatic heterocycles. The predicted molar refractivity (Wildman–Crippen MR) is 82.8 cm³/mol. The lowest BCUT2D eigenvalue weighted by atomic mass is 10.2. The van der Waals surface area contributed by atoms with E-state index in [9.17, 15) is 4.79 Å². The molecule has 0 unspecified atom stereocenters. The van der Waals surface area contributed by atoms with Crippen LogP contribution < -0.4 is 5.32 Å². The van der Waals surface area contributed by atoms with Crippen molar-refractivity contribution < 1.29 is 9.21 Å². The smallest absolute Gasteiger partial charge is 0.226 e. The summed E-state index contributed by atoms with van der Waals surface area (Å²) < 4.78 is 5.42. The Hall–Kier alpha value is -2.10. The van der Waals surface area contributed by atoms with Gasteiger partial charge in [-0.2, -0.15) is 0 Å². The van der Waals surface area contributed by atoms with Gasteiger partial charge in [-0.3, -0.25) is 4.79 Å². The molecule has 1 N–H and O–H groups in total. The summed E-state index contributed by atoms with van der Waals surface area (Å²) in [5, 5.41) is 2.92. The number of carbonyl (C=O) groups excluding carboxylic acids is 1. The lowest BCUT2D eigenvalue weighted by Gasteiger charge is -2.03. The van der Waals surface area contributed by atoms with Gasteiger partial charge in [-0.05, 0) is 18.6 Å². The summed E-state index contributed by atoms with van der Waals surface area (Å²) in [7, 11) is 0. The maximum atomic E-state index is 11.8. The fraction of sp³-hybridized carbons (Fsp3) is 0.412. The highest BCUT2D eigenvalue weighted by molar-refractivity contribution is 5.78. The number of unbranched alkanes of at least 4 members (excludes halogenated alkanes) is 3. The fourth-order valence-electron chi connectivity index (χ4n) is 2.11. The topological polar surface area (TPSA) is 55.1 Å². The zero-order valence-corrected chi connectivity index (χ0v) is 12.5. The predicted octanol–water partition coefficient (Wildman–Crippen LogP) is 3.58. The van der Waals surface area contributed by atoms with E-state index in [4.69, 9.17) is 4.42 Å². The van der Waals surface area contributed by atoms with Crippen LogP contribution in [0.2, 0.25) is 0 Å². The summed E-state index contributed by atoms with van der Waals surface area (Å²) in [5.74, 6) is 0.556. The minimum absolute atomic E-state index is 0.000546. The fourth-order valence-corrected chi connectivity index (χ4v) is 2.11. The molecule has 21 heavy (non-hydrogen) atoms. The molecule has 1 aromatic carbocycles. The van der Waals surface area contributed by atoms with E-state index in [1.807, 2.05) is 30.3 Å². The molecule has 0 atom stereocenters. The molecule has 4 nitrogen and oxygen atoms in total. The third-order valence-electron chi connectivity index (χ3n) is 3.27. The Morgan fingerprint density at radius 2 is 2.00 bits per heavy atom. The molecule has 0 saturated carbocycles. The van der Waals surface area contributed by atoms with Crippen molar-refractivity contribution in [1.82, 2.24) is 10.3 Å². The number of hydrogen-bond donors (Lipinski definition) is 1. The summed E-state index contributed by atoms with van der Waals surface area (Å²) in [6, 6.07) is 9.68. The molecule has 112 valence electrons. The van der Waals surface area contributed by atoms with Crippen molar-refractivity contribution in [2.24, 2.45) is 0 Å². The van der Waals surface area contributed by atoms with Crippen LogP contribution in [0.15, 0.2) is 41.0 Å². The van der Waals surface area contributed by atoms with E-state index in [0.717, 1.165) is 18.5 Å². The third kappa shape index (κ3) is 5.06. The number of rotatable bonds is 8. The largest absolute Gasteiger partial charge is 0.444 e. The lowest BCUT2D eigenvalue weighted by Crippen LogP contribution is -2.26. The van der Waals surface area contributed by atoms with E-state index in [0.29, 0.717) is 11.6 Å². The van der Waals surface area contributed by atoms with Gasteiger partial charge in [0.2, 0.25) is 11.8 Å². The number of benzene rings is 1. The maximum absolute atomic E-state index is 11.8. The van der Waals surface area contributed by atoms with Crippen molar-refractivity contribution in [2.75, 3.05) is 6.54 Å². The Balaban J connectivity index is 1.78. The number of amides is 1. The molecule has 2 aromatic rings. The monoisotopic (exact) mass is 286 g/mol. The summed E-state index contributed by atoms with van der Waals surface area (Å²) in [6.07, 6.45) is 6.45. The van der Waals surface area contributed by atoms with Gasteiger partial charge in [-0.1, -0.05) is 44.4 Å². The average Bonchev–Trinajstić information content (AvgIpc) is 2.96. The number of nitrogens with one attached hydrogen (secondary N) is 1. The number of nitrogens with zero attached hydrogens (tertiary/aromatic N) is 1. The van der Waals surface area contributed by atoms with Crippen LogP contribution in [0.4, 0.5) is 0 Å². The lowest BCUT2D eigenvalue weighted by molar-refractivity contribution is -0.120. The highest BCUT2D eigenvalue weighted by atomic mass is 16.3. The van der Waals surface area contributed by atoms with Crippen molar-refractivity contribution in [3.05, 3.63) is 42.3 Å². The van der Waals surface area contributed by atoms with Gasteiger partial charge in [-0.25, -0.2) is 4.98 Å². The van der Waals surface area contributed by atoms with E-state index in [2.05, 4.69) is 17.2 Å². The van der Waals surface area contributed by atoms with Crippen LogP contribution in [0.3, 0.4) is 0 Å². The van der Waals surface area contributed by atoms with Gasteiger partial charge in [0, 0.05) is 12.1 Å². The van der Waals surface area contributed by atoms with E-state index >= 15 is 0 Å². The molecule has 2 rings (SSSR count). The molecule has 0 fully saturated rings. The molecule has 0 saturated heterocycles. The van der Waals surface area contributed by atoms with Gasteiger partial charge in [0.1, 0.15) is 6.26 Å². The van der Waals surface area contributed by atoms with Gasteiger partial charge in [0.15, 0.2) is 0 Å². The Morgan fingerprint density at radius 1 is 1.19 bits per heavy atom. The second-order valence-electron chi connectivity index (χ2n) is 5.10. The van der Waals surface area contributed by atoms with E-state index < -0.39 is 0 Å². The molecule has 0 spiro atoms. The highest BCUT2D eigenvalue weighted by Crippen LogP contribution is 2.17. The molecule has 1 amide bonds. The van der Waals surface area contributed by atoms with E-state index in [1.165, 1.54) is 19.3 Å². The van der Waals surface area contributed by atoms with Gasteiger partial charge in [0.25, 0.3) is 0 Å². The number of hydrogen-bond acceptors (Lipinski definition) is 3.